The van der Waals surface area contributed by atoms with E-state index in [9.17, 15) is 10.0 Å². The number of carbonyl (C=O) groups excluding carboxylic acids is 1. The molecule has 1 heterocycles. The lowest BCUT2D eigenvalue weighted by atomic mass is 10.0. The van der Waals surface area contributed by atoms with E-state index in [2.05, 4.69) is 13.8 Å². The topological polar surface area (TPSA) is 47.2 Å². The summed E-state index contributed by atoms with van der Waals surface area (Å²) in [6.07, 6.45) is 4.10. The molecule has 0 spiro atoms. The molecule has 23 heavy (non-hydrogen) atoms. The summed E-state index contributed by atoms with van der Waals surface area (Å²) in [5.74, 6) is -0.204. The van der Waals surface area contributed by atoms with E-state index in [1.165, 1.54) is 6.20 Å². The molecule has 1 unspecified atom stereocenters. The predicted molar refractivity (Wildman–Crippen MR) is 90.8 cm³/mol. The molecule has 0 fully saturated rings. The van der Waals surface area contributed by atoms with Crippen LogP contribution in [0.15, 0.2) is 54.7 Å². The van der Waals surface area contributed by atoms with Crippen molar-refractivity contribution in [2.75, 3.05) is 6.54 Å². The van der Waals surface area contributed by atoms with Gasteiger partial charge in [-0.25, -0.2) is 0 Å². The Balaban J connectivity index is 2.35. The average molecular weight is 312 g/mol. The van der Waals surface area contributed by atoms with Gasteiger partial charge in [-0.1, -0.05) is 50.6 Å². The first-order valence-corrected chi connectivity index (χ1v) is 8.23. The Kier molecular flexibility index (Phi) is 6.15. The van der Waals surface area contributed by atoms with Gasteiger partial charge in [0, 0.05) is 18.7 Å². The van der Waals surface area contributed by atoms with Gasteiger partial charge in [-0.15, -0.1) is 0 Å². The number of aromatic nitrogens is 1. The second kappa shape index (κ2) is 8.32. The number of benzene rings is 1. The zero-order valence-electron chi connectivity index (χ0n) is 13.8. The lowest BCUT2D eigenvalue weighted by Gasteiger charge is -2.31. The van der Waals surface area contributed by atoms with Crippen LogP contribution in [0.2, 0.25) is 0 Å². The van der Waals surface area contributed by atoms with Gasteiger partial charge in [0.15, 0.2) is 6.20 Å². The molecular formula is C19H24N2O2. The van der Waals surface area contributed by atoms with Crippen molar-refractivity contribution in [3.05, 3.63) is 71.2 Å². The van der Waals surface area contributed by atoms with E-state index in [1.54, 1.807) is 18.2 Å². The lowest BCUT2D eigenvalue weighted by molar-refractivity contribution is -0.608. The van der Waals surface area contributed by atoms with Crippen molar-refractivity contribution in [3.8, 4) is 0 Å². The molecule has 0 radical (unpaired) electrons. The number of hydrogen-bond donors (Lipinski definition) is 0. The van der Waals surface area contributed by atoms with Gasteiger partial charge < -0.3 is 10.1 Å². The highest BCUT2D eigenvalue weighted by molar-refractivity contribution is 5.91. The molecule has 0 saturated carbocycles. The summed E-state index contributed by atoms with van der Waals surface area (Å²) in [4.78, 5) is 14.8. The summed E-state index contributed by atoms with van der Waals surface area (Å²) in [5.41, 5.74) is 1.28. The molecule has 122 valence electrons. The van der Waals surface area contributed by atoms with Gasteiger partial charge in [-0.2, -0.15) is 4.73 Å². The molecule has 1 amide bonds. The summed E-state index contributed by atoms with van der Waals surface area (Å²) in [6, 6.07) is 14.9. The number of unbranched alkanes of at least 4 members (excludes halogenated alkanes) is 1. The molecule has 0 N–H and O–H groups in total. The molecule has 1 atom stereocenters. The molecule has 0 bridgehead atoms. The summed E-state index contributed by atoms with van der Waals surface area (Å²) in [6.45, 7) is 4.82. The molecule has 2 rings (SSSR count). The Morgan fingerprint density at radius 1 is 1.13 bits per heavy atom. The van der Waals surface area contributed by atoms with Gasteiger partial charge in [0.05, 0.1) is 6.04 Å². The van der Waals surface area contributed by atoms with Gasteiger partial charge in [0.25, 0.3) is 5.69 Å². The highest BCUT2D eigenvalue weighted by atomic mass is 16.5. The average Bonchev–Trinajstić information content (AvgIpc) is 2.59. The van der Waals surface area contributed by atoms with Gasteiger partial charge in [0.1, 0.15) is 0 Å². The number of hydrogen-bond acceptors (Lipinski definition) is 2. The van der Waals surface area contributed by atoms with Crippen molar-refractivity contribution in [3.63, 3.8) is 0 Å². The zero-order valence-corrected chi connectivity index (χ0v) is 13.8. The quantitative estimate of drug-likeness (QED) is 0.578. The molecule has 1 aromatic carbocycles. The van der Waals surface area contributed by atoms with E-state index < -0.39 is 0 Å². The Bertz CT molecular complexity index is 628. The van der Waals surface area contributed by atoms with Crippen molar-refractivity contribution in [2.24, 2.45) is 0 Å². The second-order valence-corrected chi connectivity index (χ2v) is 5.60. The SMILES string of the molecule is CCCCN(C(=O)c1cccc[n+]1[O-])C(CC)c1ccccc1. The maximum absolute atomic E-state index is 13.0. The fourth-order valence-corrected chi connectivity index (χ4v) is 2.78. The van der Waals surface area contributed by atoms with Crippen molar-refractivity contribution in [1.82, 2.24) is 4.90 Å². The van der Waals surface area contributed by atoms with Crippen LogP contribution in [-0.4, -0.2) is 17.4 Å². The van der Waals surface area contributed by atoms with Crippen LogP contribution in [0.1, 0.15) is 55.2 Å². The molecule has 0 aliphatic rings. The van der Waals surface area contributed by atoms with Crippen molar-refractivity contribution >= 4 is 5.91 Å². The van der Waals surface area contributed by atoms with Crippen LogP contribution in [0.4, 0.5) is 0 Å². The number of amides is 1. The maximum Gasteiger partial charge on any atom is 0.320 e. The lowest BCUT2D eigenvalue weighted by Crippen LogP contribution is -2.43. The van der Waals surface area contributed by atoms with Crippen molar-refractivity contribution in [2.45, 2.75) is 39.2 Å². The Morgan fingerprint density at radius 2 is 1.83 bits per heavy atom. The first-order chi connectivity index (χ1) is 11.2. The Morgan fingerprint density at radius 3 is 2.43 bits per heavy atom. The van der Waals surface area contributed by atoms with E-state index in [-0.39, 0.29) is 17.6 Å². The first-order valence-electron chi connectivity index (χ1n) is 8.23. The van der Waals surface area contributed by atoms with E-state index in [0.717, 1.165) is 24.8 Å². The number of nitrogens with zero attached hydrogens (tertiary/aromatic N) is 2. The minimum absolute atomic E-state index is 0.0181. The van der Waals surface area contributed by atoms with Crippen molar-refractivity contribution in [1.29, 1.82) is 0 Å². The zero-order chi connectivity index (χ0) is 16.7. The highest BCUT2D eigenvalue weighted by Crippen LogP contribution is 2.25. The molecule has 2 aromatic rings. The van der Waals surface area contributed by atoms with Gasteiger partial charge in [0.2, 0.25) is 0 Å². The van der Waals surface area contributed by atoms with Crippen LogP contribution in [0.3, 0.4) is 0 Å². The molecule has 0 aliphatic heterocycles. The first kappa shape index (κ1) is 17.0. The number of pyridine rings is 1. The van der Waals surface area contributed by atoms with Crippen LogP contribution in [0, 0.1) is 5.21 Å². The third-order valence-electron chi connectivity index (χ3n) is 4.00. The van der Waals surface area contributed by atoms with E-state index in [0.29, 0.717) is 11.3 Å². The molecule has 1 aromatic heterocycles. The van der Waals surface area contributed by atoms with Crippen LogP contribution in [0.25, 0.3) is 0 Å². The largest absolute Gasteiger partial charge is 0.618 e. The normalized spacial score (nSPS) is 11.9. The molecular weight excluding hydrogens is 288 g/mol. The van der Waals surface area contributed by atoms with Crippen LogP contribution in [-0.2, 0) is 0 Å². The standard InChI is InChI=1S/C19H24N2O2/c1-3-5-14-20(17(4-2)16-11-7-6-8-12-16)19(22)18-13-9-10-15-21(18)23/h6-13,15,17H,3-5,14H2,1-2H3. The van der Waals surface area contributed by atoms with Crippen LogP contribution >= 0.6 is 0 Å². The van der Waals surface area contributed by atoms with Crippen molar-refractivity contribution < 1.29 is 9.52 Å². The number of rotatable bonds is 7. The van der Waals surface area contributed by atoms with E-state index >= 15 is 0 Å². The van der Waals surface area contributed by atoms with Crippen LogP contribution in [0.5, 0.6) is 0 Å². The van der Waals surface area contributed by atoms with Crippen LogP contribution < -0.4 is 4.73 Å². The summed E-state index contributed by atoms with van der Waals surface area (Å²) < 4.78 is 0.652. The predicted octanol–water partition coefficient (Wildman–Crippen LogP) is 3.71. The molecule has 0 aliphatic carbocycles. The maximum atomic E-state index is 13.0. The molecule has 0 saturated heterocycles. The minimum Gasteiger partial charge on any atom is -0.618 e. The van der Waals surface area contributed by atoms with E-state index in [4.69, 9.17) is 0 Å². The fraction of sp³-hybridized carbons (Fsp3) is 0.368. The third kappa shape index (κ3) is 4.09. The summed E-state index contributed by atoms with van der Waals surface area (Å²) >= 11 is 0. The Labute approximate surface area is 138 Å². The Hall–Kier alpha value is -2.36. The molecule has 4 nitrogen and oxygen atoms in total. The molecule has 4 heteroatoms. The second-order valence-electron chi connectivity index (χ2n) is 5.60. The monoisotopic (exact) mass is 312 g/mol. The highest BCUT2D eigenvalue weighted by Gasteiger charge is 2.28. The van der Waals surface area contributed by atoms with Gasteiger partial charge >= 0.3 is 5.91 Å². The van der Waals surface area contributed by atoms with Gasteiger partial charge in [-0.05, 0) is 24.5 Å². The fourth-order valence-electron chi connectivity index (χ4n) is 2.78. The smallest absolute Gasteiger partial charge is 0.320 e. The van der Waals surface area contributed by atoms with E-state index in [1.807, 2.05) is 35.2 Å². The minimum atomic E-state index is -0.204. The summed E-state index contributed by atoms with van der Waals surface area (Å²) in [7, 11) is 0. The summed E-state index contributed by atoms with van der Waals surface area (Å²) in [5, 5.41) is 12.0. The number of carbonyl (C=O) groups is 1. The van der Waals surface area contributed by atoms with Gasteiger partial charge in [-0.3, -0.25) is 4.79 Å². The third-order valence-corrected chi connectivity index (χ3v) is 4.00.